The molecule has 20 heavy (non-hydrogen) atoms. The normalized spacial score (nSPS) is 11.8. The SMILES string of the molecule is CCC[CH2][Sn]([CH2]CCC)([CH2]CCCN)[c]1ccccc1. The van der Waals surface area contributed by atoms with Crippen molar-refractivity contribution in [2.75, 3.05) is 6.54 Å². The third kappa shape index (κ3) is 5.77. The molecule has 0 aliphatic rings. The summed E-state index contributed by atoms with van der Waals surface area (Å²) in [5.41, 5.74) is 5.72. The van der Waals surface area contributed by atoms with E-state index >= 15 is 0 Å². The van der Waals surface area contributed by atoms with E-state index < -0.39 is 18.4 Å². The van der Waals surface area contributed by atoms with Gasteiger partial charge in [0, 0.05) is 0 Å². The van der Waals surface area contributed by atoms with Crippen LogP contribution in [0.15, 0.2) is 30.3 Å². The van der Waals surface area contributed by atoms with Gasteiger partial charge in [-0.25, -0.2) is 0 Å². The van der Waals surface area contributed by atoms with Crippen LogP contribution in [0.3, 0.4) is 0 Å². The number of benzene rings is 1. The maximum absolute atomic E-state index is 5.72. The van der Waals surface area contributed by atoms with Crippen LogP contribution in [0.2, 0.25) is 13.3 Å². The molecule has 0 fully saturated rings. The van der Waals surface area contributed by atoms with Crippen LogP contribution in [-0.4, -0.2) is 24.9 Å². The molecule has 1 rings (SSSR count). The van der Waals surface area contributed by atoms with Crippen LogP contribution in [0.5, 0.6) is 0 Å². The number of hydrogen-bond donors (Lipinski definition) is 1. The fourth-order valence-corrected chi connectivity index (χ4v) is 18.9. The van der Waals surface area contributed by atoms with E-state index in [-0.39, 0.29) is 0 Å². The van der Waals surface area contributed by atoms with Gasteiger partial charge >= 0.3 is 130 Å². The van der Waals surface area contributed by atoms with Crippen LogP contribution in [0, 0.1) is 0 Å². The summed E-state index contributed by atoms with van der Waals surface area (Å²) in [5.74, 6) is 0. The summed E-state index contributed by atoms with van der Waals surface area (Å²) in [6.45, 7) is 5.53. The van der Waals surface area contributed by atoms with Crippen molar-refractivity contribution in [3.05, 3.63) is 30.3 Å². The Bertz CT molecular complexity index is 329. The summed E-state index contributed by atoms with van der Waals surface area (Å²) in [6, 6.07) is 11.5. The first-order chi connectivity index (χ1) is 9.79. The fourth-order valence-electron chi connectivity index (χ4n) is 3.24. The van der Waals surface area contributed by atoms with E-state index in [1.165, 1.54) is 43.0 Å². The van der Waals surface area contributed by atoms with Crippen molar-refractivity contribution >= 4 is 22.0 Å². The molecule has 0 aliphatic carbocycles. The number of unbranched alkanes of at least 4 members (excludes halogenated alkanes) is 3. The molecule has 0 bridgehead atoms. The molecule has 0 aliphatic heterocycles. The average Bonchev–Trinajstić information content (AvgIpc) is 2.51. The fraction of sp³-hybridized carbons (Fsp3) is 0.667. The van der Waals surface area contributed by atoms with Crippen LogP contribution in [-0.2, 0) is 0 Å². The molecule has 0 atom stereocenters. The molecule has 2 heteroatoms. The first-order valence-electron chi connectivity index (χ1n) is 8.54. The molecule has 0 aromatic heterocycles. The average molecular weight is 382 g/mol. The van der Waals surface area contributed by atoms with E-state index in [2.05, 4.69) is 44.2 Å². The Labute approximate surface area is 130 Å². The first-order valence-corrected chi connectivity index (χ1v) is 16.0. The summed E-state index contributed by atoms with van der Waals surface area (Å²) in [6.07, 6.45) is 8.11. The second kappa shape index (κ2) is 10.7. The van der Waals surface area contributed by atoms with Gasteiger partial charge in [-0.05, 0) is 0 Å². The monoisotopic (exact) mass is 383 g/mol. The summed E-state index contributed by atoms with van der Waals surface area (Å²) >= 11 is -2.18. The first kappa shape index (κ1) is 18.0. The third-order valence-corrected chi connectivity index (χ3v) is 20.2. The van der Waals surface area contributed by atoms with E-state index in [9.17, 15) is 0 Å². The molecule has 0 saturated carbocycles. The quantitative estimate of drug-likeness (QED) is 0.437. The van der Waals surface area contributed by atoms with Gasteiger partial charge in [0.25, 0.3) is 0 Å². The van der Waals surface area contributed by atoms with Crippen molar-refractivity contribution < 1.29 is 0 Å². The van der Waals surface area contributed by atoms with E-state index in [0.29, 0.717) is 0 Å². The topological polar surface area (TPSA) is 26.0 Å². The van der Waals surface area contributed by atoms with Crippen molar-refractivity contribution in [1.29, 1.82) is 0 Å². The van der Waals surface area contributed by atoms with Crippen LogP contribution < -0.4 is 9.31 Å². The van der Waals surface area contributed by atoms with Crippen molar-refractivity contribution in [3.8, 4) is 0 Å². The van der Waals surface area contributed by atoms with E-state index in [1.54, 1.807) is 12.5 Å². The minimum atomic E-state index is -2.18. The van der Waals surface area contributed by atoms with Crippen LogP contribution in [0.25, 0.3) is 0 Å². The van der Waals surface area contributed by atoms with Gasteiger partial charge in [0.05, 0.1) is 0 Å². The number of rotatable bonds is 11. The molecule has 0 spiro atoms. The minimum absolute atomic E-state index is 0.859. The third-order valence-electron chi connectivity index (χ3n) is 4.51. The molecule has 1 nitrogen and oxygen atoms in total. The molecule has 0 amide bonds. The zero-order valence-electron chi connectivity index (χ0n) is 13.5. The van der Waals surface area contributed by atoms with Gasteiger partial charge in [-0.2, -0.15) is 0 Å². The van der Waals surface area contributed by atoms with Gasteiger partial charge < -0.3 is 0 Å². The molecule has 2 N–H and O–H groups in total. The molecule has 1 aromatic carbocycles. The number of hydrogen-bond acceptors (Lipinski definition) is 1. The number of nitrogens with two attached hydrogens (primary N) is 1. The molecule has 0 heterocycles. The van der Waals surface area contributed by atoms with Gasteiger partial charge in [0.15, 0.2) is 0 Å². The van der Waals surface area contributed by atoms with E-state index in [1.807, 2.05) is 0 Å². The predicted molar refractivity (Wildman–Crippen MR) is 94.4 cm³/mol. The van der Waals surface area contributed by atoms with Crippen molar-refractivity contribution in [1.82, 2.24) is 0 Å². The molecule has 114 valence electrons. The summed E-state index contributed by atoms with van der Waals surface area (Å²) in [5, 5.41) is 0. The van der Waals surface area contributed by atoms with Crippen molar-refractivity contribution in [3.63, 3.8) is 0 Å². The molecule has 0 saturated heterocycles. The van der Waals surface area contributed by atoms with Gasteiger partial charge in [-0.3, -0.25) is 0 Å². The second-order valence-electron chi connectivity index (χ2n) is 6.10. The summed E-state index contributed by atoms with van der Waals surface area (Å²) in [7, 11) is 0. The van der Waals surface area contributed by atoms with Crippen LogP contribution >= 0.6 is 0 Å². The summed E-state index contributed by atoms with van der Waals surface area (Å²) in [4.78, 5) is 0. The summed E-state index contributed by atoms with van der Waals surface area (Å²) < 4.78 is 6.36. The zero-order valence-corrected chi connectivity index (χ0v) is 16.4. The van der Waals surface area contributed by atoms with Crippen molar-refractivity contribution in [2.45, 2.75) is 65.7 Å². The van der Waals surface area contributed by atoms with Crippen LogP contribution in [0.4, 0.5) is 0 Å². The van der Waals surface area contributed by atoms with E-state index in [4.69, 9.17) is 5.73 Å². The standard InChI is InChI=1S/C6H5.C4H10N.2C4H9.Sn/c1-2-4-6-5-3-1;1-2-3-4-5;2*1-3-4-2;/h1-5H;1-5H2;2*1,3-4H2,2H3;. The van der Waals surface area contributed by atoms with Crippen LogP contribution in [0.1, 0.15) is 52.4 Å². The predicted octanol–water partition coefficient (Wildman–Crippen LogP) is 4.68. The Morgan fingerprint density at radius 3 is 1.85 bits per heavy atom. The molecular weight excluding hydrogens is 349 g/mol. The van der Waals surface area contributed by atoms with E-state index in [0.717, 1.165) is 6.54 Å². The Balaban J connectivity index is 2.90. The van der Waals surface area contributed by atoms with Crippen molar-refractivity contribution in [2.24, 2.45) is 5.73 Å². The Morgan fingerprint density at radius 1 is 0.800 bits per heavy atom. The van der Waals surface area contributed by atoms with Gasteiger partial charge in [0.1, 0.15) is 0 Å². The Hall–Kier alpha value is -0.0213. The Morgan fingerprint density at radius 2 is 1.35 bits per heavy atom. The maximum atomic E-state index is 5.72. The zero-order chi connectivity index (χ0) is 14.7. The molecule has 1 aromatic rings. The second-order valence-corrected chi connectivity index (χ2v) is 19.3. The van der Waals surface area contributed by atoms with Gasteiger partial charge in [-0.15, -0.1) is 0 Å². The van der Waals surface area contributed by atoms with Gasteiger partial charge in [-0.1, -0.05) is 0 Å². The molecule has 0 radical (unpaired) electrons. The van der Waals surface area contributed by atoms with Gasteiger partial charge in [0.2, 0.25) is 0 Å². The Kier molecular flexibility index (Phi) is 9.62. The molecular formula is C18H33NSn. The molecule has 0 unspecified atom stereocenters.